The van der Waals surface area contributed by atoms with Crippen LogP contribution in [0.1, 0.15) is 13.3 Å². The topological polar surface area (TPSA) is 58.7 Å². The molecule has 0 aromatic carbocycles. The average Bonchev–Trinajstić information content (AvgIpc) is 2.20. The third-order valence-corrected chi connectivity index (χ3v) is 3.02. The van der Waals surface area contributed by atoms with Crippen LogP contribution in [0.25, 0.3) is 0 Å². The molecule has 14 heavy (non-hydrogen) atoms. The molecule has 0 aromatic rings. The monoisotopic (exact) mass is 202 g/mol. The van der Waals surface area contributed by atoms with E-state index in [9.17, 15) is 5.11 Å². The maximum Gasteiger partial charge on any atom is 0.0789 e. The molecule has 4 heteroatoms. The highest BCUT2D eigenvalue weighted by Crippen LogP contribution is 2.19. The lowest BCUT2D eigenvalue weighted by atomic mass is 9.95. The molecular formula is C10H22N2O2. The first-order chi connectivity index (χ1) is 6.67. The highest BCUT2D eigenvalue weighted by molar-refractivity contribution is 4.79. The minimum Gasteiger partial charge on any atom is -0.390 e. The number of ether oxygens (including phenoxy) is 1. The number of likely N-dealkylation sites (tertiary alicyclic amines) is 1. The summed E-state index contributed by atoms with van der Waals surface area (Å²) in [6, 6.07) is 0. The first-order valence-corrected chi connectivity index (χ1v) is 5.30. The number of hydrogen-bond acceptors (Lipinski definition) is 4. The lowest BCUT2D eigenvalue weighted by Crippen LogP contribution is -2.47. The fraction of sp³-hybridized carbons (Fsp3) is 1.00. The second-order valence-electron chi connectivity index (χ2n) is 4.19. The molecule has 1 aliphatic rings. The van der Waals surface area contributed by atoms with E-state index in [0.29, 0.717) is 25.1 Å². The zero-order valence-corrected chi connectivity index (χ0v) is 9.15. The molecule has 0 aliphatic carbocycles. The first kappa shape index (κ1) is 11.9. The van der Waals surface area contributed by atoms with E-state index in [1.807, 2.05) is 0 Å². The normalized spacial score (nSPS) is 31.7. The van der Waals surface area contributed by atoms with Crippen LogP contribution in [0.5, 0.6) is 0 Å². The molecule has 1 rings (SSSR count). The molecule has 1 saturated heterocycles. The number of hydrogen-bond donors (Lipinski definition) is 2. The van der Waals surface area contributed by atoms with Gasteiger partial charge >= 0.3 is 0 Å². The molecule has 0 amide bonds. The lowest BCUT2D eigenvalue weighted by Gasteiger charge is -2.36. The third-order valence-electron chi connectivity index (χ3n) is 3.02. The Morgan fingerprint density at radius 1 is 1.64 bits per heavy atom. The van der Waals surface area contributed by atoms with E-state index >= 15 is 0 Å². The number of piperidine rings is 1. The Hall–Kier alpha value is -0.160. The zero-order valence-electron chi connectivity index (χ0n) is 9.15. The van der Waals surface area contributed by atoms with Crippen LogP contribution >= 0.6 is 0 Å². The van der Waals surface area contributed by atoms with Crippen LogP contribution < -0.4 is 5.73 Å². The Morgan fingerprint density at radius 3 is 2.93 bits per heavy atom. The van der Waals surface area contributed by atoms with Gasteiger partial charge in [-0.1, -0.05) is 6.92 Å². The predicted octanol–water partition coefficient (Wildman–Crippen LogP) is -0.337. The molecule has 1 fully saturated rings. The molecule has 0 radical (unpaired) electrons. The number of rotatable bonds is 4. The number of aliphatic hydroxyl groups excluding tert-OH is 1. The van der Waals surface area contributed by atoms with Crippen molar-refractivity contribution in [1.82, 2.24) is 4.90 Å². The van der Waals surface area contributed by atoms with Gasteiger partial charge in [-0.05, 0) is 18.9 Å². The van der Waals surface area contributed by atoms with E-state index in [4.69, 9.17) is 10.5 Å². The van der Waals surface area contributed by atoms with Gasteiger partial charge < -0.3 is 15.6 Å². The molecule has 4 nitrogen and oxygen atoms in total. The number of nitrogens with zero attached hydrogens (tertiary/aromatic N) is 1. The molecule has 1 aliphatic heterocycles. The average molecular weight is 202 g/mol. The van der Waals surface area contributed by atoms with Gasteiger partial charge in [-0.2, -0.15) is 0 Å². The van der Waals surface area contributed by atoms with Crippen LogP contribution in [0, 0.1) is 5.92 Å². The molecule has 3 atom stereocenters. The molecule has 1 heterocycles. The maximum atomic E-state index is 9.43. The second kappa shape index (κ2) is 5.66. The number of nitrogens with two attached hydrogens (primary N) is 1. The maximum absolute atomic E-state index is 9.43. The van der Waals surface area contributed by atoms with Crippen LogP contribution in [0.3, 0.4) is 0 Å². The van der Waals surface area contributed by atoms with Gasteiger partial charge in [0.05, 0.1) is 12.2 Å². The van der Waals surface area contributed by atoms with Crippen LogP contribution in [0.4, 0.5) is 0 Å². The molecule has 3 N–H and O–H groups in total. The van der Waals surface area contributed by atoms with Crippen molar-refractivity contribution >= 4 is 0 Å². The first-order valence-electron chi connectivity index (χ1n) is 5.30. The van der Waals surface area contributed by atoms with E-state index in [1.165, 1.54) is 0 Å². The van der Waals surface area contributed by atoms with Crippen molar-refractivity contribution in [2.75, 3.05) is 33.3 Å². The van der Waals surface area contributed by atoms with Crippen molar-refractivity contribution in [3.63, 3.8) is 0 Å². The summed E-state index contributed by atoms with van der Waals surface area (Å²) >= 11 is 0. The van der Waals surface area contributed by atoms with Crippen LogP contribution in [0.2, 0.25) is 0 Å². The van der Waals surface area contributed by atoms with Crippen LogP contribution in [-0.4, -0.2) is 55.5 Å². The van der Waals surface area contributed by atoms with Crippen LogP contribution in [-0.2, 0) is 4.74 Å². The van der Waals surface area contributed by atoms with Gasteiger partial charge in [0, 0.05) is 26.7 Å². The summed E-state index contributed by atoms with van der Waals surface area (Å²) in [5.74, 6) is 0.617. The van der Waals surface area contributed by atoms with Crippen molar-refractivity contribution < 1.29 is 9.84 Å². The van der Waals surface area contributed by atoms with Crippen molar-refractivity contribution in [2.24, 2.45) is 11.7 Å². The molecule has 3 unspecified atom stereocenters. The van der Waals surface area contributed by atoms with Crippen molar-refractivity contribution in [3.8, 4) is 0 Å². The van der Waals surface area contributed by atoms with Crippen molar-refractivity contribution in [3.05, 3.63) is 0 Å². The Balaban J connectivity index is 2.34. The van der Waals surface area contributed by atoms with E-state index in [2.05, 4.69) is 11.8 Å². The van der Waals surface area contributed by atoms with Crippen molar-refractivity contribution in [1.29, 1.82) is 0 Å². The molecule has 0 bridgehead atoms. The Kier molecular flexibility index (Phi) is 4.81. The third kappa shape index (κ3) is 3.20. The van der Waals surface area contributed by atoms with Gasteiger partial charge in [0.15, 0.2) is 0 Å². The Bertz CT molecular complexity index is 166. The molecule has 0 aromatic heterocycles. The van der Waals surface area contributed by atoms with E-state index in [-0.39, 0.29) is 0 Å². The van der Waals surface area contributed by atoms with E-state index in [0.717, 1.165) is 19.5 Å². The Morgan fingerprint density at radius 2 is 2.36 bits per heavy atom. The number of methoxy groups -OCH3 is 1. The molecule has 84 valence electrons. The summed E-state index contributed by atoms with van der Waals surface area (Å²) in [6.07, 6.45) is 1.03. The second-order valence-corrected chi connectivity index (χ2v) is 4.19. The minimum atomic E-state index is -0.402. The molecule has 0 spiro atoms. The Labute approximate surface area is 86.0 Å². The van der Waals surface area contributed by atoms with E-state index in [1.54, 1.807) is 7.11 Å². The summed E-state index contributed by atoms with van der Waals surface area (Å²) in [5.41, 5.74) is 5.38. The fourth-order valence-electron chi connectivity index (χ4n) is 1.94. The summed E-state index contributed by atoms with van der Waals surface area (Å²) < 4.78 is 5.39. The standard InChI is InChI=1S/C10H22N2O2/c1-8-3-4-12(6-9(13)5-11)7-10(8)14-2/h8-10,13H,3-7,11H2,1-2H3. The highest BCUT2D eigenvalue weighted by atomic mass is 16.5. The van der Waals surface area contributed by atoms with Crippen molar-refractivity contribution in [2.45, 2.75) is 25.6 Å². The van der Waals surface area contributed by atoms with Gasteiger partial charge in [0.25, 0.3) is 0 Å². The quantitative estimate of drug-likeness (QED) is 0.655. The fourth-order valence-corrected chi connectivity index (χ4v) is 1.94. The SMILES string of the molecule is COC1CN(CC(O)CN)CCC1C. The summed E-state index contributed by atoms with van der Waals surface area (Å²) in [6.45, 7) is 5.17. The highest BCUT2D eigenvalue weighted by Gasteiger charge is 2.26. The predicted molar refractivity (Wildman–Crippen MR) is 56.1 cm³/mol. The molecule has 0 saturated carbocycles. The smallest absolute Gasteiger partial charge is 0.0789 e. The van der Waals surface area contributed by atoms with Gasteiger partial charge in [-0.15, -0.1) is 0 Å². The summed E-state index contributed by atoms with van der Waals surface area (Å²) in [5, 5.41) is 9.43. The summed E-state index contributed by atoms with van der Waals surface area (Å²) in [7, 11) is 1.75. The zero-order chi connectivity index (χ0) is 10.6. The molecular weight excluding hydrogens is 180 g/mol. The number of β-amino-alcohol motifs (C(OH)–C–C–N with tert-alkyl or cyclic N) is 1. The largest absolute Gasteiger partial charge is 0.390 e. The summed E-state index contributed by atoms with van der Waals surface area (Å²) in [4.78, 5) is 2.23. The van der Waals surface area contributed by atoms with Gasteiger partial charge in [-0.3, -0.25) is 4.90 Å². The lowest BCUT2D eigenvalue weighted by molar-refractivity contribution is -0.0167. The van der Waals surface area contributed by atoms with Gasteiger partial charge in [0.1, 0.15) is 0 Å². The number of aliphatic hydroxyl groups is 1. The van der Waals surface area contributed by atoms with Gasteiger partial charge in [0.2, 0.25) is 0 Å². The van der Waals surface area contributed by atoms with Crippen LogP contribution in [0.15, 0.2) is 0 Å². The van der Waals surface area contributed by atoms with E-state index < -0.39 is 6.10 Å². The minimum absolute atomic E-state index is 0.300. The van der Waals surface area contributed by atoms with Gasteiger partial charge in [-0.25, -0.2) is 0 Å².